The molecule has 2 aromatic rings. The van der Waals surface area contributed by atoms with Crippen molar-refractivity contribution in [3.8, 4) is 5.75 Å². The van der Waals surface area contributed by atoms with E-state index in [-0.39, 0.29) is 12.5 Å². The number of nitrogens with one attached hydrogen (secondary N) is 1. The largest absolute Gasteiger partial charge is 0.484 e. The number of rotatable bonds is 4. The van der Waals surface area contributed by atoms with Gasteiger partial charge in [-0.3, -0.25) is 4.79 Å². The predicted molar refractivity (Wildman–Crippen MR) is 79.7 cm³/mol. The van der Waals surface area contributed by atoms with E-state index >= 15 is 0 Å². The summed E-state index contributed by atoms with van der Waals surface area (Å²) in [7, 11) is 0. The van der Waals surface area contributed by atoms with Gasteiger partial charge in [-0.05, 0) is 58.4 Å². The minimum absolute atomic E-state index is 0.167. The fourth-order valence-electron chi connectivity index (χ4n) is 1.45. The van der Waals surface area contributed by atoms with E-state index in [0.29, 0.717) is 20.9 Å². The summed E-state index contributed by atoms with van der Waals surface area (Å²) in [6.07, 6.45) is 0. The summed E-state index contributed by atoms with van der Waals surface area (Å²) in [5.41, 5.74) is 0.371. The smallest absolute Gasteiger partial charge is 0.262 e. The van der Waals surface area contributed by atoms with Gasteiger partial charge in [0.15, 0.2) is 6.61 Å². The monoisotopic (exact) mass is 357 g/mol. The quantitative estimate of drug-likeness (QED) is 0.887. The van der Waals surface area contributed by atoms with Gasteiger partial charge in [-0.25, -0.2) is 4.39 Å². The number of benzene rings is 2. The van der Waals surface area contributed by atoms with Crippen molar-refractivity contribution in [1.29, 1.82) is 0 Å². The third kappa shape index (κ3) is 4.21. The Hall–Kier alpha value is -1.59. The van der Waals surface area contributed by atoms with Crippen LogP contribution in [0.15, 0.2) is 46.9 Å². The summed E-state index contributed by atoms with van der Waals surface area (Å²) in [6.45, 7) is -0.167. The van der Waals surface area contributed by atoms with Crippen LogP contribution in [0.3, 0.4) is 0 Å². The van der Waals surface area contributed by atoms with E-state index in [1.54, 1.807) is 30.3 Å². The van der Waals surface area contributed by atoms with Crippen LogP contribution in [0.5, 0.6) is 5.75 Å². The second-order valence-corrected chi connectivity index (χ2v) is 5.21. The Morgan fingerprint density at radius 2 is 1.95 bits per heavy atom. The fourth-order valence-corrected chi connectivity index (χ4v) is 1.82. The highest BCUT2D eigenvalue weighted by Crippen LogP contribution is 2.19. The molecule has 0 aromatic heterocycles. The summed E-state index contributed by atoms with van der Waals surface area (Å²) in [5, 5.41) is 3.13. The predicted octanol–water partition coefficient (Wildman–Crippen LogP) is 4.26. The molecule has 104 valence electrons. The van der Waals surface area contributed by atoms with Crippen molar-refractivity contribution in [2.24, 2.45) is 0 Å². The number of amides is 1. The third-order valence-corrected chi connectivity index (χ3v) is 3.28. The molecule has 1 amide bonds. The molecule has 0 saturated heterocycles. The Balaban J connectivity index is 1.89. The molecule has 2 aromatic carbocycles. The zero-order chi connectivity index (χ0) is 14.5. The number of hydrogen-bond donors (Lipinski definition) is 1. The number of hydrogen-bond acceptors (Lipinski definition) is 2. The van der Waals surface area contributed by atoms with E-state index in [1.807, 2.05) is 0 Å². The van der Waals surface area contributed by atoms with Crippen molar-refractivity contribution < 1.29 is 13.9 Å². The zero-order valence-electron chi connectivity index (χ0n) is 10.2. The van der Waals surface area contributed by atoms with Crippen LogP contribution in [0, 0.1) is 5.82 Å². The number of carbonyl (C=O) groups is 1. The van der Waals surface area contributed by atoms with Crippen molar-refractivity contribution in [3.63, 3.8) is 0 Å². The van der Waals surface area contributed by atoms with Gasteiger partial charge in [-0.1, -0.05) is 11.6 Å². The molecule has 3 nitrogen and oxygen atoms in total. The summed E-state index contributed by atoms with van der Waals surface area (Å²) >= 11 is 8.77. The molecule has 0 saturated carbocycles. The van der Waals surface area contributed by atoms with Gasteiger partial charge in [0.25, 0.3) is 5.91 Å². The summed E-state index contributed by atoms with van der Waals surface area (Å²) < 4.78 is 18.9. The minimum atomic E-state index is -0.443. The molecule has 0 unspecified atom stereocenters. The van der Waals surface area contributed by atoms with E-state index in [9.17, 15) is 9.18 Å². The van der Waals surface area contributed by atoms with Crippen molar-refractivity contribution in [2.45, 2.75) is 0 Å². The van der Waals surface area contributed by atoms with Gasteiger partial charge in [0.2, 0.25) is 0 Å². The maximum absolute atomic E-state index is 13.3. The van der Waals surface area contributed by atoms with E-state index in [1.165, 1.54) is 12.1 Å². The molecule has 0 aliphatic rings. The van der Waals surface area contributed by atoms with Gasteiger partial charge >= 0.3 is 0 Å². The van der Waals surface area contributed by atoms with E-state index < -0.39 is 5.82 Å². The van der Waals surface area contributed by atoms with E-state index in [0.717, 1.165) is 0 Å². The topological polar surface area (TPSA) is 38.3 Å². The molecule has 0 aliphatic carbocycles. The lowest BCUT2D eigenvalue weighted by Gasteiger charge is -2.08. The zero-order valence-corrected chi connectivity index (χ0v) is 12.5. The fraction of sp³-hybridized carbons (Fsp3) is 0.0714. The average Bonchev–Trinajstić information content (AvgIpc) is 2.42. The van der Waals surface area contributed by atoms with Gasteiger partial charge < -0.3 is 10.1 Å². The van der Waals surface area contributed by atoms with Crippen LogP contribution < -0.4 is 10.1 Å². The maximum atomic E-state index is 13.3. The second-order valence-electron chi connectivity index (χ2n) is 3.92. The third-order valence-electron chi connectivity index (χ3n) is 2.39. The Labute approximate surface area is 128 Å². The van der Waals surface area contributed by atoms with Crippen molar-refractivity contribution in [3.05, 3.63) is 57.8 Å². The van der Waals surface area contributed by atoms with Crippen molar-refractivity contribution >= 4 is 39.1 Å². The highest BCUT2D eigenvalue weighted by atomic mass is 79.9. The first-order valence-corrected chi connectivity index (χ1v) is 6.85. The first-order valence-electron chi connectivity index (χ1n) is 5.68. The van der Waals surface area contributed by atoms with Gasteiger partial charge in [0.05, 0.1) is 4.47 Å². The van der Waals surface area contributed by atoms with Gasteiger partial charge in [-0.2, -0.15) is 0 Å². The molecule has 2 rings (SSSR count). The SMILES string of the molecule is O=C(COc1ccc(Cl)cc1)Nc1ccc(Br)c(F)c1. The summed E-state index contributed by atoms with van der Waals surface area (Å²) in [4.78, 5) is 11.7. The molecule has 0 heterocycles. The molecular weight excluding hydrogens is 349 g/mol. The van der Waals surface area contributed by atoms with Crippen LogP contribution in [0.4, 0.5) is 10.1 Å². The average molecular weight is 359 g/mol. The molecule has 0 fully saturated rings. The van der Waals surface area contributed by atoms with E-state index in [2.05, 4.69) is 21.2 Å². The minimum Gasteiger partial charge on any atom is -0.484 e. The first kappa shape index (κ1) is 14.8. The Morgan fingerprint density at radius 3 is 2.60 bits per heavy atom. The summed E-state index contributed by atoms with van der Waals surface area (Å²) in [5.74, 6) is -0.283. The molecule has 0 spiro atoms. The van der Waals surface area contributed by atoms with Gasteiger partial charge in [0, 0.05) is 10.7 Å². The normalized spacial score (nSPS) is 10.2. The highest BCUT2D eigenvalue weighted by molar-refractivity contribution is 9.10. The number of halogens is 3. The molecule has 0 atom stereocenters. The lowest BCUT2D eigenvalue weighted by Crippen LogP contribution is -2.20. The van der Waals surface area contributed by atoms with Gasteiger partial charge in [-0.15, -0.1) is 0 Å². The lowest BCUT2D eigenvalue weighted by molar-refractivity contribution is -0.118. The molecule has 0 aliphatic heterocycles. The van der Waals surface area contributed by atoms with Crippen LogP contribution in [-0.4, -0.2) is 12.5 Å². The standard InChI is InChI=1S/C14H10BrClFNO2/c15-12-6-3-10(7-13(12)17)18-14(19)8-20-11-4-1-9(16)2-5-11/h1-7H,8H2,(H,18,19). The lowest BCUT2D eigenvalue weighted by atomic mass is 10.3. The summed E-state index contributed by atoms with van der Waals surface area (Å²) in [6, 6.07) is 11.0. The van der Waals surface area contributed by atoms with Crippen LogP contribution in [0.25, 0.3) is 0 Å². The molecule has 6 heteroatoms. The highest BCUT2D eigenvalue weighted by Gasteiger charge is 2.06. The Kier molecular flexibility index (Phi) is 4.98. The number of carbonyl (C=O) groups excluding carboxylic acids is 1. The number of anilines is 1. The van der Waals surface area contributed by atoms with Crippen LogP contribution in [0.1, 0.15) is 0 Å². The molecule has 20 heavy (non-hydrogen) atoms. The van der Waals surface area contributed by atoms with Crippen LogP contribution in [-0.2, 0) is 4.79 Å². The Morgan fingerprint density at radius 1 is 1.25 bits per heavy atom. The molecule has 1 N–H and O–H groups in total. The second kappa shape index (κ2) is 6.72. The first-order chi connectivity index (χ1) is 9.54. The maximum Gasteiger partial charge on any atom is 0.262 e. The van der Waals surface area contributed by atoms with E-state index in [4.69, 9.17) is 16.3 Å². The van der Waals surface area contributed by atoms with Crippen LogP contribution in [0.2, 0.25) is 5.02 Å². The Bertz CT molecular complexity index is 619. The van der Waals surface area contributed by atoms with Crippen LogP contribution >= 0.6 is 27.5 Å². The molecule has 0 bridgehead atoms. The molecule has 0 radical (unpaired) electrons. The van der Waals surface area contributed by atoms with Crippen molar-refractivity contribution in [2.75, 3.05) is 11.9 Å². The van der Waals surface area contributed by atoms with Crippen molar-refractivity contribution in [1.82, 2.24) is 0 Å². The molecular formula is C14H10BrClFNO2. The number of ether oxygens (including phenoxy) is 1. The van der Waals surface area contributed by atoms with Gasteiger partial charge in [0.1, 0.15) is 11.6 Å².